The molecule has 29 heavy (non-hydrogen) atoms. The van der Waals surface area contributed by atoms with Crippen LogP contribution in [0.1, 0.15) is 6.92 Å². The second-order valence-electron chi connectivity index (χ2n) is 6.28. The average Bonchev–Trinajstić information content (AvgIpc) is 2.69. The largest absolute Gasteiger partial charge is 0.445 e. The first-order valence-electron chi connectivity index (χ1n) is 8.42. The molecule has 0 spiro atoms. The smallest absolute Gasteiger partial charge is 0.325 e. The van der Waals surface area contributed by atoms with Gasteiger partial charge in [-0.15, -0.1) is 0 Å². The van der Waals surface area contributed by atoms with Crippen LogP contribution in [0.2, 0.25) is 0 Å². The summed E-state index contributed by atoms with van der Waals surface area (Å²) in [6, 6.07) is 4.96. The molecular weight excluding hydrogens is 400 g/mol. The molecule has 0 aromatic heterocycles. The molecule has 3 rings (SSSR count). The molecule has 1 unspecified atom stereocenters. The topological polar surface area (TPSA) is 137 Å². The van der Waals surface area contributed by atoms with Crippen molar-refractivity contribution in [3.05, 3.63) is 34.4 Å². The summed E-state index contributed by atoms with van der Waals surface area (Å²) in [4.78, 5) is 56.6. The normalized spacial score (nSPS) is 18.9. The number of non-ortho nitro benzene ring substituents is 1. The molecule has 4 amide bonds. The molecule has 12 heteroatoms. The Hall–Kier alpha value is -3.41. The lowest BCUT2D eigenvalue weighted by atomic mass is 10.1. The Morgan fingerprint density at radius 2 is 1.97 bits per heavy atom. The Kier molecular flexibility index (Phi) is 5.55. The lowest BCUT2D eigenvalue weighted by molar-refractivity contribution is -0.407. The van der Waals surface area contributed by atoms with E-state index >= 15 is 0 Å². The highest BCUT2D eigenvalue weighted by Gasteiger charge is 2.48. The van der Waals surface area contributed by atoms with E-state index in [-0.39, 0.29) is 23.2 Å². The highest BCUT2D eigenvalue weighted by molar-refractivity contribution is 8.14. The minimum atomic E-state index is -0.844. The first-order valence-corrected chi connectivity index (χ1v) is 9.40. The summed E-state index contributed by atoms with van der Waals surface area (Å²) in [7, 11) is 2.91. The molecule has 0 saturated carbocycles. The zero-order valence-corrected chi connectivity index (χ0v) is 16.6. The molecule has 0 bridgehead atoms. The van der Waals surface area contributed by atoms with Gasteiger partial charge in [0.05, 0.1) is 24.8 Å². The number of benzene rings is 1. The van der Waals surface area contributed by atoms with Crippen LogP contribution in [0.3, 0.4) is 0 Å². The first-order chi connectivity index (χ1) is 13.7. The summed E-state index contributed by atoms with van der Waals surface area (Å²) in [5, 5.41) is 13.7. The van der Waals surface area contributed by atoms with Crippen molar-refractivity contribution in [2.45, 2.75) is 6.92 Å². The number of rotatable bonds is 4. The summed E-state index contributed by atoms with van der Waals surface area (Å²) in [5.74, 6) is -1.05. The third-order valence-corrected chi connectivity index (χ3v) is 5.29. The number of nitrogens with one attached hydrogen (secondary N) is 1. The molecule has 0 radical (unpaired) electrons. The number of nitrogens with zero attached hydrogens (tertiary/aromatic N) is 5. The standard InChI is InChI=1S/C17H16N6O5S/c1-9-18-14-13(16(25)22(3)17(26)21(14)2)15(19-9)29-8-12(24)20-10-4-6-11(7-5-10)23(27)28/h4-7,13H,8H2,1-3H3/p+1. The number of carbonyl (C=O) groups excluding carboxylic acids is 3. The van der Waals surface area contributed by atoms with Gasteiger partial charge in [0.15, 0.2) is 5.92 Å². The van der Waals surface area contributed by atoms with Crippen LogP contribution >= 0.6 is 11.8 Å². The average molecular weight is 417 g/mol. The van der Waals surface area contributed by atoms with Crippen LogP contribution in [0.25, 0.3) is 0 Å². The van der Waals surface area contributed by atoms with Crippen molar-refractivity contribution >= 4 is 57.7 Å². The van der Waals surface area contributed by atoms with E-state index in [1.54, 1.807) is 6.92 Å². The number of nitro groups is 1. The maximum absolute atomic E-state index is 12.6. The summed E-state index contributed by atoms with van der Waals surface area (Å²) in [6.07, 6.45) is 0. The Morgan fingerprint density at radius 3 is 2.59 bits per heavy atom. The van der Waals surface area contributed by atoms with E-state index in [1.165, 1.54) is 42.9 Å². The van der Waals surface area contributed by atoms with Gasteiger partial charge >= 0.3 is 11.9 Å². The highest BCUT2D eigenvalue weighted by atomic mass is 32.2. The van der Waals surface area contributed by atoms with Crippen LogP contribution in [-0.4, -0.2) is 68.8 Å². The summed E-state index contributed by atoms with van der Waals surface area (Å²) < 4.78 is 1.29. The van der Waals surface area contributed by atoms with E-state index in [4.69, 9.17) is 0 Å². The van der Waals surface area contributed by atoms with Crippen LogP contribution in [-0.2, 0) is 9.59 Å². The molecule has 0 saturated heterocycles. The second-order valence-corrected chi connectivity index (χ2v) is 7.28. The van der Waals surface area contributed by atoms with E-state index in [0.717, 1.165) is 16.7 Å². The van der Waals surface area contributed by atoms with Crippen molar-refractivity contribution in [3.63, 3.8) is 0 Å². The zero-order valence-electron chi connectivity index (χ0n) is 15.8. The number of hydrogen-bond acceptors (Lipinski definition) is 8. The van der Waals surface area contributed by atoms with Crippen molar-refractivity contribution in [3.8, 4) is 0 Å². The number of aliphatic imine (C=N–C) groups is 2. The Balaban J connectivity index is 1.72. The molecule has 0 aliphatic carbocycles. The van der Waals surface area contributed by atoms with Crippen LogP contribution in [0, 0.1) is 16.0 Å². The molecule has 1 atom stereocenters. The maximum Gasteiger partial charge on any atom is 0.445 e. The lowest BCUT2D eigenvalue weighted by Crippen LogP contribution is -2.54. The minimum Gasteiger partial charge on any atom is -0.325 e. The molecule has 150 valence electrons. The Bertz CT molecular complexity index is 1010. The molecule has 1 N–H and O–H groups in total. The van der Waals surface area contributed by atoms with Crippen LogP contribution in [0.4, 0.5) is 16.2 Å². The van der Waals surface area contributed by atoms with Gasteiger partial charge in [0, 0.05) is 24.7 Å². The number of fused-ring (bicyclic) bond motifs is 1. The Morgan fingerprint density at radius 1 is 1.31 bits per heavy atom. The third-order valence-electron chi connectivity index (χ3n) is 4.26. The predicted molar refractivity (Wildman–Crippen MR) is 108 cm³/mol. The van der Waals surface area contributed by atoms with E-state index in [0.29, 0.717) is 16.6 Å². The van der Waals surface area contributed by atoms with Gasteiger partial charge in [-0.05, 0) is 12.1 Å². The fourth-order valence-corrected chi connectivity index (χ4v) is 3.72. The van der Waals surface area contributed by atoms with Crippen LogP contribution in [0.15, 0.2) is 34.3 Å². The maximum atomic E-state index is 12.6. The molecule has 1 aromatic rings. The van der Waals surface area contributed by atoms with Crippen molar-refractivity contribution in [1.29, 1.82) is 0 Å². The molecule has 0 fully saturated rings. The fourth-order valence-electron chi connectivity index (χ4n) is 2.80. The highest BCUT2D eigenvalue weighted by Crippen LogP contribution is 2.25. The van der Waals surface area contributed by atoms with Crippen LogP contribution in [0.5, 0.6) is 0 Å². The number of imide groups is 1. The fraction of sp³-hybridized carbons (Fsp3) is 0.294. The molecule has 2 heterocycles. The number of carbonyl (C=O) groups is 3. The zero-order chi connectivity index (χ0) is 21.3. The number of anilines is 1. The Labute approximate surface area is 169 Å². The van der Waals surface area contributed by atoms with Gasteiger partial charge in [-0.25, -0.2) is 9.79 Å². The summed E-state index contributed by atoms with van der Waals surface area (Å²) in [5.41, 5.74) is 0.334. The lowest BCUT2D eigenvalue weighted by Gasteiger charge is -2.26. The van der Waals surface area contributed by atoms with Crippen molar-refractivity contribution in [2.24, 2.45) is 15.9 Å². The molecule has 1 aromatic carbocycles. The van der Waals surface area contributed by atoms with Crippen LogP contribution < -0.4 is 5.32 Å². The molecule has 11 nitrogen and oxygen atoms in total. The summed E-state index contributed by atoms with van der Waals surface area (Å²) in [6.45, 7) is 1.64. The van der Waals surface area contributed by atoms with Gasteiger partial charge in [-0.2, -0.15) is 9.48 Å². The van der Waals surface area contributed by atoms with E-state index in [9.17, 15) is 24.5 Å². The second kappa shape index (κ2) is 7.91. The number of urea groups is 1. The van der Waals surface area contributed by atoms with Crippen molar-refractivity contribution in [1.82, 2.24) is 4.90 Å². The number of hydrogen-bond donors (Lipinski definition) is 1. The van der Waals surface area contributed by atoms with Crippen molar-refractivity contribution in [2.75, 3.05) is 25.2 Å². The SMILES string of the molecule is CC1=NC2=[N+](C)C(=O)N(C)C(=O)C2C(SCC(=O)Nc2ccc([N+](=O)[O-])cc2)=N1. The van der Waals surface area contributed by atoms with Gasteiger partial charge in [0.2, 0.25) is 11.7 Å². The van der Waals surface area contributed by atoms with Gasteiger partial charge in [0.25, 0.3) is 11.5 Å². The van der Waals surface area contributed by atoms with Gasteiger partial charge < -0.3 is 5.32 Å². The van der Waals surface area contributed by atoms with E-state index in [2.05, 4.69) is 15.3 Å². The van der Waals surface area contributed by atoms with Gasteiger partial charge in [0.1, 0.15) is 5.04 Å². The molecule has 2 aliphatic heterocycles. The van der Waals surface area contributed by atoms with E-state index in [1.807, 2.05) is 0 Å². The number of amidine groups is 2. The minimum absolute atomic E-state index is 0.0401. The predicted octanol–water partition coefficient (Wildman–Crippen LogP) is 1.35. The first kappa shape index (κ1) is 20.3. The van der Waals surface area contributed by atoms with E-state index < -0.39 is 22.8 Å². The monoisotopic (exact) mass is 417 g/mol. The number of nitro benzene ring substituents is 1. The summed E-state index contributed by atoms with van der Waals surface area (Å²) >= 11 is 1.07. The van der Waals surface area contributed by atoms with Gasteiger partial charge in [-0.1, -0.05) is 16.8 Å². The quantitative estimate of drug-likeness (QED) is 0.446. The third kappa shape index (κ3) is 4.06. The number of amides is 4. The molecular formula is C17H17N6O5S+. The molecule has 2 aliphatic rings. The van der Waals surface area contributed by atoms with Gasteiger partial charge in [-0.3, -0.25) is 19.7 Å². The number of thioether (sulfide) groups is 1. The van der Waals surface area contributed by atoms with Crippen molar-refractivity contribution < 1.29 is 23.9 Å².